The van der Waals surface area contributed by atoms with Gasteiger partial charge in [-0.2, -0.15) is 0 Å². The second-order valence-electron chi connectivity index (χ2n) is 4.12. The van der Waals surface area contributed by atoms with Crippen molar-refractivity contribution in [2.24, 2.45) is 0 Å². The molecule has 0 unspecified atom stereocenters. The molecule has 2 aromatic rings. The number of hydrogen-bond acceptors (Lipinski definition) is 2. The highest BCUT2D eigenvalue weighted by atomic mass is 35.5. The molecule has 0 spiro atoms. The summed E-state index contributed by atoms with van der Waals surface area (Å²) in [5, 5.41) is 3.14. The fraction of sp³-hybridized carbons (Fsp3) is 0.143. The van der Waals surface area contributed by atoms with Gasteiger partial charge in [0.2, 0.25) is 0 Å². The van der Waals surface area contributed by atoms with Crippen LogP contribution in [-0.2, 0) is 6.42 Å². The summed E-state index contributed by atoms with van der Waals surface area (Å²) < 4.78 is 13.0. The molecule has 3 nitrogen and oxygen atoms in total. The Labute approximate surface area is 125 Å². The minimum atomic E-state index is -0.337. The summed E-state index contributed by atoms with van der Waals surface area (Å²) in [5.74, 6) is -0.631. The van der Waals surface area contributed by atoms with Crippen LogP contribution in [-0.4, -0.2) is 17.4 Å². The van der Waals surface area contributed by atoms with Crippen molar-refractivity contribution in [3.63, 3.8) is 0 Å². The Morgan fingerprint density at radius 1 is 1.30 bits per heavy atom. The van der Waals surface area contributed by atoms with Gasteiger partial charge in [-0.15, -0.1) is 0 Å². The van der Waals surface area contributed by atoms with Crippen molar-refractivity contribution in [2.45, 2.75) is 6.42 Å². The van der Waals surface area contributed by atoms with Gasteiger partial charge in [-0.25, -0.2) is 9.37 Å². The number of nitrogens with one attached hydrogen (secondary N) is 1. The summed E-state index contributed by atoms with van der Waals surface area (Å²) in [6, 6.07) is 7.64. The summed E-state index contributed by atoms with van der Waals surface area (Å²) in [6.07, 6.45) is 1.85. The quantitative estimate of drug-likeness (QED) is 0.878. The number of rotatable bonds is 4. The predicted octanol–water partition coefficient (Wildman–Crippen LogP) is 3.50. The van der Waals surface area contributed by atoms with E-state index in [2.05, 4.69) is 10.3 Å². The minimum absolute atomic E-state index is 0.199. The van der Waals surface area contributed by atoms with Crippen LogP contribution in [0, 0.1) is 5.82 Å². The third-order valence-corrected chi connectivity index (χ3v) is 3.16. The van der Waals surface area contributed by atoms with Crippen molar-refractivity contribution < 1.29 is 9.18 Å². The van der Waals surface area contributed by atoms with Crippen molar-refractivity contribution in [2.75, 3.05) is 6.54 Å². The van der Waals surface area contributed by atoms with Gasteiger partial charge in [0.05, 0.1) is 10.6 Å². The van der Waals surface area contributed by atoms with Crippen molar-refractivity contribution in [1.82, 2.24) is 10.3 Å². The van der Waals surface area contributed by atoms with E-state index in [1.165, 1.54) is 24.4 Å². The molecule has 0 saturated carbocycles. The van der Waals surface area contributed by atoms with Gasteiger partial charge in [-0.3, -0.25) is 4.79 Å². The SMILES string of the molecule is O=C(NCCc1cccc(F)c1)c1cc(Cl)ncc1Cl. The van der Waals surface area contributed by atoms with Gasteiger partial charge in [-0.05, 0) is 30.2 Å². The Balaban J connectivity index is 1.94. The molecule has 104 valence electrons. The normalized spacial score (nSPS) is 10.3. The fourth-order valence-electron chi connectivity index (χ4n) is 1.70. The molecule has 1 amide bonds. The zero-order valence-electron chi connectivity index (χ0n) is 10.4. The third kappa shape index (κ3) is 3.92. The molecule has 1 heterocycles. The van der Waals surface area contributed by atoms with E-state index >= 15 is 0 Å². The maximum atomic E-state index is 13.0. The maximum absolute atomic E-state index is 13.0. The van der Waals surface area contributed by atoms with E-state index in [0.29, 0.717) is 13.0 Å². The van der Waals surface area contributed by atoms with E-state index in [1.54, 1.807) is 12.1 Å². The first-order valence-corrected chi connectivity index (χ1v) is 6.65. The summed E-state index contributed by atoms with van der Waals surface area (Å²) in [5.41, 5.74) is 1.08. The van der Waals surface area contributed by atoms with E-state index in [0.717, 1.165) is 5.56 Å². The maximum Gasteiger partial charge on any atom is 0.252 e. The predicted molar refractivity (Wildman–Crippen MR) is 76.7 cm³/mol. The van der Waals surface area contributed by atoms with Crippen LogP contribution < -0.4 is 5.32 Å². The molecule has 20 heavy (non-hydrogen) atoms. The number of amides is 1. The Bertz CT molecular complexity index is 634. The molecule has 0 radical (unpaired) electrons. The molecule has 0 aliphatic carbocycles. The lowest BCUT2D eigenvalue weighted by Gasteiger charge is -2.07. The number of nitrogens with zero attached hydrogens (tertiary/aromatic N) is 1. The molecule has 0 bridgehead atoms. The average Bonchev–Trinajstić information content (AvgIpc) is 2.41. The summed E-state index contributed by atoms with van der Waals surface area (Å²) >= 11 is 11.6. The lowest BCUT2D eigenvalue weighted by molar-refractivity contribution is 0.0954. The first-order chi connectivity index (χ1) is 9.56. The van der Waals surface area contributed by atoms with Crippen LogP contribution in [0.1, 0.15) is 15.9 Å². The number of hydrogen-bond donors (Lipinski definition) is 1. The van der Waals surface area contributed by atoms with E-state index in [9.17, 15) is 9.18 Å². The molecule has 1 aromatic heterocycles. The largest absolute Gasteiger partial charge is 0.352 e. The van der Waals surface area contributed by atoms with Crippen LogP contribution in [0.4, 0.5) is 4.39 Å². The number of carbonyl (C=O) groups excluding carboxylic acids is 1. The fourth-order valence-corrected chi connectivity index (χ4v) is 2.04. The van der Waals surface area contributed by atoms with Gasteiger partial charge in [0.25, 0.3) is 5.91 Å². The zero-order valence-corrected chi connectivity index (χ0v) is 11.9. The molecule has 2 rings (SSSR count). The molecule has 0 aliphatic heterocycles. The molecule has 6 heteroatoms. The number of pyridine rings is 1. The zero-order chi connectivity index (χ0) is 14.5. The molecular formula is C14H11Cl2FN2O. The van der Waals surface area contributed by atoms with Gasteiger partial charge >= 0.3 is 0 Å². The monoisotopic (exact) mass is 312 g/mol. The smallest absolute Gasteiger partial charge is 0.252 e. The standard InChI is InChI=1S/C14H11Cl2FN2O/c15-12-8-19-13(16)7-11(12)14(20)18-5-4-9-2-1-3-10(17)6-9/h1-3,6-8H,4-5H2,(H,18,20). The second kappa shape index (κ2) is 6.68. The lowest BCUT2D eigenvalue weighted by Crippen LogP contribution is -2.26. The van der Waals surface area contributed by atoms with Crippen LogP contribution in [0.15, 0.2) is 36.5 Å². The van der Waals surface area contributed by atoms with Gasteiger partial charge < -0.3 is 5.32 Å². The topological polar surface area (TPSA) is 42.0 Å². The number of carbonyl (C=O) groups is 1. The summed E-state index contributed by atoms with van der Waals surface area (Å²) in [4.78, 5) is 15.7. The summed E-state index contributed by atoms with van der Waals surface area (Å²) in [6.45, 7) is 0.374. The average molecular weight is 313 g/mol. The molecule has 0 fully saturated rings. The third-order valence-electron chi connectivity index (χ3n) is 2.65. The first kappa shape index (κ1) is 14.8. The van der Waals surface area contributed by atoms with Crippen LogP contribution in [0.25, 0.3) is 0 Å². The molecule has 0 saturated heterocycles. The second-order valence-corrected chi connectivity index (χ2v) is 4.92. The Morgan fingerprint density at radius 3 is 2.85 bits per heavy atom. The molecule has 0 aliphatic rings. The van der Waals surface area contributed by atoms with Crippen molar-refractivity contribution in [3.8, 4) is 0 Å². The Kier molecular flexibility index (Phi) is 4.93. The van der Waals surface area contributed by atoms with E-state index < -0.39 is 0 Å². The molecule has 1 N–H and O–H groups in total. The number of benzene rings is 1. The van der Waals surface area contributed by atoms with Crippen LogP contribution in [0.3, 0.4) is 0 Å². The van der Waals surface area contributed by atoms with Crippen LogP contribution in [0.5, 0.6) is 0 Å². The molecule has 0 atom stereocenters. The van der Waals surface area contributed by atoms with E-state index in [4.69, 9.17) is 23.2 Å². The molecular weight excluding hydrogens is 302 g/mol. The highest BCUT2D eigenvalue weighted by Crippen LogP contribution is 2.17. The minimum Gasteiger partial charge on any atom is -0.352 e. The van der Waals surface area contributed by atoms with Gasteiger partial charge in [0.1, 0.15) is 11.0 Å². The molecule has 1 aromatic carbocycles. The van der Waals surface area contributed by atoms with Crippen LogP contribution >= 0.6 is 23.2 Å². The lowest BCUT2D eigenvalue weighted by atomic mass is 10.1. The van der Waals surface area contributed by atoms with Gasteiger partial charge in [0.15, 0.2) is 0 Å². The first-order valence-electron chi connectivity index (χ1n) is 5.90. The Morgan fingerprint density at radius 2 is 2.10 bits per heavy atom. The van der Waals surface area contributed by atoms with E-state index in [-0.39, 0.29) is 27.5 Å². The van der Waals surface area contributed by atoms with Gasteiger partial charge in [0, 0.05) is 12.7 Å². The number of aromatic nitrogens is 1. The van der Waals surface area contributed by atoms with Crippen LogP contribution in [0.2, 0.25) is 10.2 Å². The van der Waals surface area contributed by atoms with Crippen molar-refractivity contribution in [1.29, 1.82) is 0 Å². The van der Waals surface area contributed by atoms with Gasteiger partial charge in [-0.1, -0.05) is 35.3 Å². The highest BCUT2D eigenvalue weighted by molar-refractivity contribution is 6.35. The van der Waals surface area contributed by atoms with Crippen molar-refractivity contribution >= 4 is 29.1 Å². The number of halogens is 3. The summed E-state index contributed by atoms with van der Waals surface area (Å²) in [7, 11) is 0. The van der Waals surface area contributed by atoms with Crippen molar-refractivity contribution in [3.05, 3.63) is 63.6 Å². The Hall–Kier alpha value is -1.65. The van der Waals surface area contributed by atoms with E-state index in [1.807, 2.05) is 0 Å². The highest BCUT2D eigenvalue weighted by Gasteiger charge is 2.11.